The number of aromatic nitrogens is 1. The van der Waals surface area contributed by atoms with Crippen molar-refractivity contribution in [2.45, 2.75) is 10.8 Å². The molecular formula is C9H7NO4S. The maximum absolute atomic E-state index is 10.5. The maximum Gasteiger partial charge on any atom is 0.371 e. The summed E-state index contributed by atoms with van der Waals surface area (Å²) in [5.41, 5.74) is 0.924. The van der Waals surface area contributed by atoms with E-state index in [0.717, 1.165) is 5.56 Å². The van der Waals surface area contributed by atoms with Crippen LogP contribution in [0.1, 0.15) is 16.1 Å². The van der Waals surface area contributed by atoms with Crippen LogP contribution in [0.5, 0.6) is 0 Å². The Morgan fingerprint density at radius 2 is 2.40 bits per heavy atom. The third-order valence-electron chi connectivity index (χ3n) is 1.66. The average molecular weight is 225 g/mol. The van der Waals surface area contributed by atoms with Gasteiger partial charge >= 0.3 is 5.97 Å². The summed E-state index contributed by atoms with van der Waals surface area (Å²) in [6.07, 6.45) is 3.14. The second-order valence-corrected chi connectivity index (χ2v) is 3.72. The van der Waals surface area contributed by atoms with Gasteiger partial charge in [0.25, 0.3) is 0 Å². The Morgan fingerprint density at radius 1 is 1.53 bits per heavy atom. The van der Waals surface area contributed by atoms with Crippen molar-refractivity contribution in [2.24, 2.45) is 0 Å². The lowest BCUT2D eigenvalue weighted by Gasteiger charge is -1.92. The zero-order valence-electron chi connectivity index (χ0n) is 7.54. The predicted molar refractivity (Wildman–Crippen MR) is 51.7 cm³/mol. The molecule has 0 spiro atoms. The fourth-order valence-corrected chi connectivity index (χ4v) is 1.73. The summed E-state index contributed by atoms with van der Waals surface area (Å²) in [5, 5.41) is 12.7. The number of furan rings is 1. The van der Waals surface area contributed by atoms with Gasteiger partial charge in [0.15, 0.2) is 5.09 Å². The van der Waals surface area contributed by atoms with Crippen molar-refractivity contribution < 1.29 is 18.8 Å². The summed E-state index contributed by atoms with van der Waals surface area (Å²) in [6.45, 7) is 0. The van der Waals surface area contributed by atoms with Crippen molar-refractivity contribution in [2.75, 3.05) is 0 Å². The molecule has 0 unspecified atom stereocenters. The van der Waals surface area contributed by atoms with Gasteiger partial charge in [0.05, 0.1) is 6.20 Å². The van der Waals surface area contributed by atoms with E-state index < -0.39 is 5.97 Å². The summed E-state index contributed by atoms with van der Waals surface area (Å²) in [5.74, 6) is -0.481. The lowest BCUT2D eigenvalue weighted by Crippen LogP contribution is -1.91. The van der Waals surface area contributed by atoms with Crippen molar-refractivity contribution >= 4 is 17.7 Å². The minimum absolute atomic E-state index is 0.0529. The number of carboxylic acids is 1. The zero-order valence-corrected chi connectivity index (χ0v) is 8.36. The lowest BCUT2D eigenvalue weighted by molar-refractivity contribution is 0.0656. The highest BCUT2D eigenvalue weighted by atomic mass is 32.2. The first-order chi connectivity index (χ1) is 7.25. The quantitative estimate of drug-likeness (QED) is 0.804. The molecule has 2 rings (SSSR count). The van der Waals surface area contributed by atoms with Crippen LogP contribution >= 0.6 is 11.8 Å². The van der Waals surface area contributed by atoms with Gasteiger partial charge in [-0.2, -0.15) is 0 Å². The molecule has 5 nitrogen and oxygen atoms in total. The van der Waals surface area contributed by atoms with Gasteiger partial charge in [-0.05, 0) is 12.1 Å². The Hall–Kier alpha value is -1.69. The van der Waals surface area contributed by atoms with E-state index in [-0.39, 0.29) is 5.76 Å². The third kappa shape index (κ3) is 2.41. The fourth-order valence-electron chi connectivity index (χ4n) is 0.965. The van der Waals surface area contributed by atoms with E-state index in [2.05, 4.69) is 9.68 Å². The molecule has 0 radical (unpaired) electrons. The molecule has 78 valence electrons. The average Bonchev–Trinajstić information content (AvgIpc) is 2.86. The first kappa shape index (κ1) is 9.85. The lowest BCUT2D eigenvalue weighted by atomic mass is 10.4. The number of hydrogen-bond acceptors (Lipinski definition) is 5. The van der Waals surface area contributed by atoms with E-state index in [4.69, 9.17) is 9.52 Å². The highest BCUT2D eigenvalue weighted by Crippen LogP contribution is 2.24. The highest BCUT2D eigenvalue weighted by molar-refractivity contribution is 7.98. The Balaban J connectivity index is 1.96. The molecule has 2 heterocycles. The molecular weight excluding hydrogens is 218 g/mol. The molecule has 2 aromatic heterocycles. The molecule has 2 aromatic rings. The van der Waals surface area contributed by atoms with Gasteiger partial charge in [-0.15, -0.1) is 0 Å². The maximum atomic E-state index is 10.5. The van der Waals surface area contributed by atoms with Crippen LogP contribution in [-0.4, -0.2) is 16.2 Å². The Bertz CT molecular complexity index is 448. The van der Waals surface area contributed by atoms with Gasteiger partial charge in [0, 0.05) is 11.3 Å². The van der Waals surface area contributed by atoms with Crippen LogP contribution < -0.4 is 0 Å². The zero-order chi connectivity index (χ0) is 10.7. The second kappa shape index (κ2) is 4.22. The van der Waals surface area contributed by atoms with E-state index in [1.807, 2.05) is 0 Å². The van der Waals surface area contributed by atoms with Crippen molar-refractivity contribution in [3.8, 4) is 0 Å². The van der Waals surface area contributed by atoms with Crippen LogP contribution in [0.15, 0.2) is 38.6 Å². The number of hydrogen-bond donors (Lipinski definition) is 1. The van der Waals surface area contributed by atoms with Crippen LogP contribution in [0.2, 0.25) is 0 Å². The number of rotatable bonds is 4. The van der Waals surface area contributed by atoms with Crippen molar-refractivity contribution in [1.29, 1.82) is 0 Å². The molecule has 6 heteroatoms. The molecule has 0 fully saturated rings. The molecule has 0 saturated carbocycles. The first-order valence-electron chi connectivity index (χ1n) is 4.10. The molecule has 0 amide bonds. The molecule has 0 aromatic carbocycles. The van der Waals surface area contributed by atoms with Crippen molar-refractivity contribution in [1.82, 2.24) is 5.16 Å². The largest absolute Gasteiger partial charge is 0.475 e. The van der Waals surface area contributed by atoms with Crippen LogP contribution in [0.25, 0.3) is 0 Å². The van der Waals surface area contributed by atoms with E-state index in [0.29, 0.717) is 10.8 Å². The van der Waals surface area contributed by atoms with Gasteiger partial charge < -0.3 is 14.0 Å². The predicted octanol–water partition coefficient (Wildman–Crippen LogP) is 2.26. The normalized spacial score (nSPS) is 10.4. The van der Waals surface area contributed by atoms with Crippen molar-refractivity contribution in [3.05, 3.63) is 35.9 Å². The Labute approximate surface area is 89.1 Å². The second-order valence-electron chi connectivity index (χ2n) is 2.75. The molecule has 0 saturated heterocycles. The van der Waals surface area contributed by atoms with Gasteiger partial charge in [-0.1, -0.05) is 16.9 Å². The molecule has 15 heavy (non-hydrogen) atoms. The monoisotopic (exact) mass is 225 g/mol. The number of aromatic carboxylic acids is 1. The van der Waals surface area contributed by atoms with Crippen molar-refractivity contribution in [3.63, 3.8) is 0 Å². The van der Waals surface area contributed by atoms with Crippen LogP contribution in [0.4, 0.5) is 0 Å². The molecule has 0 aliphatic carbocycles. The summed E-state index contributed by atoms with van der Waals surface area (Å²) in [6, 6.07) is 3.06. The molecule has 0 aliphatic rings. The number of nitrogens with zero attached hydrogens (tertiary/aromatic N) is 1. The number of carboxylic acid groups (broad SMARTS) is 1. The number of carbonyl (C=O) groups is 1. The Kier molecular flexibility index (Phi) is 2.77. The molecule has 1 N–H and O–H groups in total. The van der Waals surface area contributed by atoms with E-state index in [1.165, 1.54) is 24.1 Å². The van der Waals surface area contributed by atoms with Gasteiger partial charge in [0.1, 0.15) is 6.26 Å². The standard InChI is InChI=1S/C9H7NO4S/c11-9(12)7-1-2-8(14-7)15-5-6-3-10-13-4-6/h1-4H,5H2,(H,11,12). The summed E-state index contributed by atoms with van der Waals surface area (Å²) in [4.78, 5) is 10.5. The van der Waals surface area contributed by atoms with E-state index in [9.17, 15) is 4.79 Å². The Morgan fingerprint density at radius 3 is 3.00 bits per heavy atom. The van der Waals surface area contributed by atoms with Crippen LogP contribution in [0, 0.1) is 0 Å². The minimum atomic E-state index is -1.06. The molecule has 0 bridgehead atoms. The molecule has 0 atom stereocenters. The van der Waals surface area contributed by atoms with Gasteiger partial charge in [-0.3, -0.25) is 0 Å². The smallest absolute Gasteiger partial charge is 0.371 e. The minimum Gasteiger partial charge on any atom is -0.475 e. The summed E-state index contributed by atoms with van der Waals surface area (Å²) < 4.78 is 9.71. The first-order valence-corrected chi connectivity index (χ1v) is 5.08. The van der Waals surface area contributed by atoms with Crippen LogP contribution in [0.3, 0.4) is 0 Å². The fraction of sp³-hybridized carbons (Fsp3) is 0.111. The summed E-state index contributed by atoms with van der Waals surface area (Å²) >= 11 is 1.39. The molecule has 0 aliphatic heterocycles. The number of thioether (sulfide) groups is 1. The third-order valence-corrected chi connectivity index (χ3v) is 2.64. The SMILES string of the molecule is O=C(O)c1ccc(SCc2cnoc2)o1. The van der Waals surface area contributed by atoms with E-state index >= 15 is 0 Å². The summed E-state index contributed by atoms with van der Waals surface area (Å²) in [7, 11) is 0. The van der Waals surface area contributed by atoms with Crippen LogP contribution in [-0.2, 0) is 5.75 Å². The van der Waals surface area contributed by atoms with E-state index in [1.54, 1.807) is 12.3 Å². The van der Waals surface area contributed by atoms with Gasteiger partial charge in [-0.25, -0.2) is 4.79 Å². The topological polar surface area (TPSA) is 76.5 Å². The van der Waals surface area contributed by atoms with Gasteiger partial charge in [0.2, 0.25) is 5.76 Å². The highest BCUT2D eigenvalue weighted by Gasteiger charge is 2.09.